The second kappa shape index (κ2) is 6.35. The van der Waals surface area contributed by atoms with Crippen molar-refractivity contribution in [3.05, 3.63) is 18.3 Å². The second-order valence-electron chi connectivity index (χ2n) is 4.40. The van der Waals surface area contributed by atoms with E-state index in [0.717, 1.165) is 37.4 Å². The highest BCUT2D eigenvalue weighted by atomic mass is 16.5. The van der Waals surface area contributed by atoms with E-state index in [-0.39, 0.29) is 12.0 Å². The molecule has 1 amide bonds. The normalized spacial score (nSPS) is 18.6. The van der Waals surface area contributed by atoms with E-state index in [9.17, 15) is 4.79 Å². The van der Waals surface area contributed by atoms with Crippen molar-refractivity contribution < 1.29 is 9.53 Å². The number of carbonyl (C=O) groups is 1. The molecule has 0 aliphatic carbocycles. The van der Waals surface area contributed by atoms with Gasteiger partial charge in [-0.25, -0.2) is 4.98 Å². The van der Waals surface area contributed by atoms with Crippen LogP contribution >= 0.6 is 0 Å². The van der Waals surface area contributed by atoms with Gasteiger partial charge in [-0.1, -0.05) is 0 Å². The van der Waals surface area contributed by atoms with Crippen molar-refractivity contribution in [2.75, 3.05) is 24.3 Å². The molecule has 0 radical (unpaired) electrons. The molecular formula is C13H19N3O2. The molecule has 0 aromatic carbocycles. The van der Waals surface area contributed by atoms with E-state index in [1.165, 1.54) is 0 Å². The number of anilines is 2. The van der Waals surface area contributed by atoms with Gasteiger partial charge in [0, 0.05) is 20.1 Å². The Labute approximate surface area is 107 Å². The molecule has 1 unspecified atom stereocenters. The van der Waals surface area contributed by atoms with Gasteiger partial charge in [0.25, 0.3) is 0 Å². The molecule has 2 N–H and O–H groups in total. The molecule has 5 nitrogen and oxygen atoms in total. The predicted molar refractivity (Wildman–Crippen MR) is 70.6 cm³/mol. The Morgan fingerprint density at radius 1 is 1.56 bits per heavy atom. The predicted octanol–water partition coefficient (Wildman–Crippen LogP) is 2.02. The van der Waals surface area contributed by atoms with Crippen molar-refractivity contribution in [1.29, 1.82) is 0 Å². The molecule has 1 atom stereocenters. The number of rotatable bonds is 5. The van der Waals surface area contributed by atoms with Gasteiger partial charge in [0.05, 0.1) is 18.0 Å². The lowest BCUT2D eigenvalue weighted by Crippen LogP contribution is -2.15. The molecule has 0 saturated carbocycles. The molecule has 1 aromatic rings. The van der Waals surface area contributed by atoms with Crippen LogP contribution in [0.2, 0.25) is 0 Å². The standard InChI is InChI=1S/C13H19N3O2/c1-14-12-6-4-10(9-15-12)16-13(17)7-5-11-3-2-8-18-11/h4,6,9,11H,2-3,5,7-8H2,1H3,(H,14,15)(H,16,17). The minimum Gasteiger partial charge on any atom is -0.378 e. The Morgan fingerprint density at radius 3 is 3.06 bits per heavy atom. The van der Waals surface area contributed by atoms with Crippen molar-refractivity contribution >= 4 is 17.4 Å². The summed E-state index contributed by atoms with van der Waals surface area (Å²) in [4.78, 5) is 15.9. The topological polar surface area (TPSA) is 63.2 Å². The summed E-state index contributed by atoms with van der Waals surface area (Å²) in [5.41, 5.74) is 0.728. The zero-order valence-corrected chi connectivity index (χ0v) is 10.6. The third-order valence-electron chi connectivity index (χ3n) is 3.02. The molecule has 0 bridgehead atoms. The zero-order chi connectivity index (χ0) is 12.8. The lowest BCUT2D eigenvalue weighted by Gasteiger charge is -2.09. The highest BCUT2D eigenvalue weighted by Crippen LogP contribution is 2.17. The number of hydrogen-bond donors (Lipinski definition) is 2. The minimum absolute atomic E-state index is 0.0181. The van der Waals surface area contributed by atoms with Crippen LogP contribution in [0.4, 0.5) is 11.5 Å². The Kier molecular flexibility index (Phi) is 4.52. The van der Waals surface area contributed by atoms with E-state index in [4.69, 9.17) is 4.74 Å². The summed E-state index contributed by atoms with van der Waals surface area (Å²) in [5.74, 6) is 0.803. The van der Waals surface area contributed by atoms with Crippen molar-refractivity contribution in [3.8, 4) is 0 Å². The molecule has 1 aliphatic heterocycles. The Balaban J connectivity index is 1.75. The number of nitrogens with one attached hydrogen (secondary N) is 2. The number of pyridine rings is 1. The third-order valence-corrected chi connectivity index (χ3v) is 3.02. The molecule has 2 heterocycles. The summed E-state index contributed by atoms with van der Waals surface area (Å²) >= 11 is 0. The molecule has 1 aliphatic rings. The summed E-state index contributed by atoms with van der Waals surface area (Å²) in [5, 5.41) is 5.76. The SMILES string of the molecule is CNc1ccc(NC(=O)CCC2CCCO2)cn1. The van der Waals surface area contributed by atoms with Gasteiger partial charge in [0.15, 0.2) is 0 Å². The van der Waals surface area contributed by atoms with Crippen LogP contribution in [0.5, 0.6) is 0 Å². The molecule has 1 saturated heterocycles. The van der Waals surface area contributed by atoms with Crippen LogP contribution in [0.25, 0.3) is 0 Å². The first-order valence-corrected chi connectivity index (χ1v) is 6.33. The van der Waals surface area contributed by atoms with Gasteiger partial charge in [-0.3, -0.25) is 4.79 Å². The van der Waals surface area contributed by atoms with E-state index in [1.54, 1.807) is 6.20 Å². The molecule has 98 valence electrons. The summed E-state index contributed by atoms with van der Waals surface area (Å²) in [6.45, 7) is 0.835. The van der Waals surface area contributed by atoms with Gasteiger partial charge in [-0.2, -0.15) is 0 Å². The summed E-state index contributed by atoms with van der Waals surface area (Å²) in [6, 6.07) is 3.67. The Morgan fingerprint density at radius 2 is 2.44 bits per heavy atom. The second-order valence-corrected chi connectivity index (χ2v) is 4.40. The van der Waals surface area contributed by atoms with Crippen LogP contribution in [0.1, 0.15) is 25.7 Å². The summed E-state index contributed by atoms with van der Waals surface area (Å²) in [6.07, 6.45) is 5.40. The van der Waals surface area contributed by atoms with Crippen LogP contribution in [0.3, 0.4) is 0 Å². The molecule has 2 rings (SSSR count). The van der Waals surface area contributed by atoms with E-state index in [2.05, 4.69) is 15.6 Å². The number of amides is 1. The van der Waals surface area contributed by atoms with Crippen LogP contribution in [0, 0.1) is 0 Å². The highest BCUT2D eigenvalue weighted by Gasteiger charge is 2.16. The van der Waals surface area contributed by atoms with Crippen molar-refractivity contribution in [1.82, 2.24) is 4.98 Å². The summed E-state index contributed by atoms with van der Waals surface area (Å²) in [7, 11) is 1.81. The lowest BCUT2D eigenvalue weighted by molar-refractivity contribution is -0.116. The molecule has 1 aromatic heterocycles. The van der Waals surface area contributed by atoms with Gasteiger partial charge < -0.3 is 15.4 Å². The van der Waals surface area contributed by atoms with Crippen LogP contribution in [-0.2, 0) is 9.53 Å². The van der Waals surface area contributed by atoms with Gasteiger partial charge in [0.1, 0.15) is 5.82 Å². The molecule has 0 spiro atoms. The first-order chi connectivity index (χ1) is 8.78. The van der Waals surface area contributed by atoms with Crippen LogP contribution in [-0.4, -0.2) is 30.6 Å². The first kappa shape index (κ1) is 12.8. The molecule has 18 heavy (non-hydrogen) atoms. The van der Waals surface area contributed by atoms with Gasteiger partial charge in [0.2, 0.25) is 5.91 Å². The Hall–Kier alpha value is -1.62. The van der Waals surface area contributed by atoms with Crippen LogP contribution in [0.15, 0.2) is 18.3 Å². The molecule has 5 heteroatoms. The van der Waals surface area contributed by atoms with Gasteiger partial charge in [-0.15, -0.1) is 0 Å². The number of carbonyl (C=O) groups excluding carboxylic acids is 1. The molecular weight excluding hydrogens is 230 g/mol. The number of nitrogens with zero attached hydrogens (tertiary/aromatic N) is 1. The minimum atomic E-state index is 0.0181. The molecule has 1 fully saturated rings. The highest BCUT2D eigenvalue weighted by molar-refractivity contribution is 5.90. The van der Waals surface area contributed by atoms with E-state index in [0.29, 0.717) is 6.42 Å². The number of aromatic nitrogens is 1. The number of hydrogen-bond acceptors (Lipinski definition) is 4. The van der Waals surface area contributed by atoms with Crippen molar-refractivity contribution in [3.63, 3.8) is 0 Å². The lowest BCUT2D eigenvalue weighted by atomic mass is 10.1. The van der Waals surface area contributed by atoms with Gasteiger partial charge >= 0.3 is 0 Å². The van der Waals surface area contributed by atoms with E-state index in [1.807, 2.05) is 19.2 Å². The van der Waals surface area contributed by atoms with Gasteiger partial charge in [-0.05, 0) is 31.4 Å². The van der Waals surface area contributed by atoms with E-state index < -0.39 is 0 Å². The smallest absolute Gasteiger partial charge is 0.224 e. The third kappa shape index (κ3) is 3.70. The largest absolute Gasteiger partial charge is 0.378 e. The maximum Gasteiger partial charge on any atom is 0.224 e. The monoisotopic (exact) mass is 249 g/mol. The fraction of sp³-hybridized carbons (Fsp3) is 0.538. The average Bonchev–Trinajstić information content (AvgIpc) is 2.90. The van der Waals surface area contributed by atoms with E-state index >= 15 is 0 Å². The average molecular weight is 249 g/mol. The first-order valence-electron chi connectivity index (χ1n) is 6.33. The number of ether oxygens (including phenoxy) is 1. The maximum atomic E-state index is 11.7. The quantitative estimate of drug-likeness (QED) is 0.838. The fourth-order valence-corrected chi connectivity index (χ4v) is 2.00. The Bertz CT molecular complexity index is 386. The van der Waals surface area contributed by atoms with Crippen molar-refractivity contribution in [2.24, 2.45) is 0 Å². The zero-order valence-electron chi connectivity index (χ0n) is 10.6. The maximum absolute atomic E-state index is 11.7. The van der Waals surface area contributed by atoms with Crippen molar-refractivity contribution in [2.45, 2.75) is 31.8 Å². The van der Waals surface area contributed by atoms with Crippen LogP contribution < -0.4 is 10.6 Å². The fourth-order valence-electron chi connectivity index (χ4n) is 2.00. The summed E-state index contributed by atoms with van der Waals surface area (Å²) < 4.78 is 5.48.